The van der Waals surface area contributed by atoms with Crippen LogP contribution in [-0.2, 0) is 20.9 Å². The molecule has 3 heterocycles. The molecule has 1 saturated heterocycles. The number of hydrogen-bond donors (Lipinski definition) is 1. The van der Waals surface area contributed by atoms with E-state index in [-0.39, 0.29) is 6.61 Å². The molecule has 0 spiro atoms. The number of imide groups is 1. The molecule has 0 radical (unpaired) electrons. The molecule has 1 N–H and O–H groups in total. The van der Waals surface area contributed by atoms with Gasteiger partial charge in [-0.15, -0.1) is 11.3 Å². The molecule has 0 saturated carbocycles. The summed E-state index contributed by atoms with van der Waals surface area (Å²) in [5.74, 6) is -0.713. The van der Waals surface area contributed by atoms with Gasteiger partial charge in [0.05, 0.1) is 4.88 Å². The van der Waals surface area contributed by atoms with Gasteiger partial charge in [-0.1, -0.05) is 6.07 Å². The van der Waals surface area contributed by atoms with Crippen LogP contribution in [0.1, 0.15) is 19.5 Å². The second-order valence-corrected chi connectivity index (χ2v) is 6.68. The fraction of sp³-hybridized carbons (Fsp3) is 0.333. The fourth-order valence-corrected chi connectivity index (χ4v) is 2.83. The molecule has 24 heavy (non-hydrogen) atoms. The van der Waals surface area contributed by atoms with Crippen LogP contribution in [0.3, 0.4) is 0 Å². The summed E-state index contributed by atoms with van der Waals surface area (Å²) in [6.45, 7) is 2.60. The second kappa shape index (κ2) is 6.08. The Hall–Kier alpha value is -2.68. The van der Waals surface area contributed by atoms with Gasteiger partial charge in [0.15, 0.2) is 0 Å². The van der Waals surface area contributed by atoms with Crippen molar-refractivity contribution in [2.24, 2.45) is 0 Å². The molecule has 3 amide bonds. The van der Waals surface area contributed by atoms with E-state index in [2.05, 4.69) is 10.3 Å². The summed E-state index contributed by atoms with van der Waals surface area (Å²) in [6, 6.07) is 3.14. The van der Waals surface area contributed by atoms with Crippen LogP contribution in [0.5, 0.6) is 0 Å². The molecule has 2 aromatic rings. The molecular formula is C15H15N3O5S. The van der Waals surface area contributed by atoms with Crippen molar-refractivity contribution in [1.29, 1.82) is 0 Å². The normalized spacial score (nSPS) is 16.3. The summed E-state index contributed by atoms with van der Waals surface area (Å²) in [5.41, 5.74) is -0.566. The number of amides is 3. The first-order valence-electron chi connectivity index (χ1n) is 7.15. The zero-order valence-corrected chi connectivity index (χ0v) is 13.9. The Morgan fingerprint density at radius 1 is 1.46 bits per heavy atom. The van der Waals surface area contributed by atoms with Gasteiger partial charge >= 0.3 is 12.0 Å². The molecule has 9 heteroatoms. The van der Waals surface area contributed by atoms with Crippen LogP contribution < -0.4 is 5.32 Å². The monoisotopic (exact) mass is 349 g/mol. The minimum Gasteiger partial charge on any atom is -0.458 e. The van der Waals surface area contributed by atoms with Gasteiger partial charge in [-0.05, 0) is 25.3 Å². The summed E-state index contributed by atoms with van der Waals surface area (Å²) in [6.07, 6.45) is 1.40. The molecule has 0 bridgehead atoms. The van der Waals surface area contributed by atoms with E-state index in [1.54, 1.807) is 13.8 Å². The summed E-state index contributed by atoms with van der Waals surface area (Å²) >= 11 is 1.48. The quantitative estimate of drug-likeness (QED) is 0.652. The number of hydrogen-bond acceptors (Lipinski definition) is 7. The lowest BCUT2D eigenvalue weighted by molar-refractivity contribution is -0.148. The van der Waals surface area contributed by atoms with Crippen LogP contribution in [0, 0.1) is 0 Å². The van der Waals surface area contributed by atoms with Gasteiger partial charge in [-0.2, -0.15) is 0 Å². The summed E-state index contributed by atoms with van der Waals surface area (Å²) in [7, 11) is 0. The zero-order chi connectivity index (χ0) is 17.3. The SMILES string of the molecule is CC1(C)NC(=O)N(CC(=O)OCc2coc(-c3cccs3)n2)C1=O. The lowest BCUT2D eigenvalue weighted by Crippen LogP contribution is -2.41. The number of nitrogens with zero attached hydrogens (tertiary/aromatic N) is 2. The number of nitrogens with one attached hydrogen (secondary N) is 1. The Balaban J connectivity index is 1.55. The number of rotatable bonds is 5. The highest BCUT2D eigenvalue weighted by Gasteiger charge is 2.45. The van der Waals surface area contributed by atoms with Crippen molar-refractivity contribution < 1.29 is 23.5 Å². The number of oxazole rings is 1. The molecule has 8 nitrogen and oxygen atoms in total. The van der Waals surface area contributed by atoms with Crippen LogP contribution in [0.15, 0.2) is 28.2 Å². The summed E-state index contributed by atoms with van der Waals surface area (Å²) in [5, 5.41) is 4.40. The van der Waals surface area contributed by atoms with Crippen LogP contribution in [0.2, 0.25) is 0 Å². The van der Waals surface area contributed by atoms with Crippen molar-refractivity contribution in [3.05, 3.63) is 29.5 Å². The van der Waals surface area contributed by atoms with Crippen LogP contribution in [0.4, 0.5) is 4.79 Å². The summed E-state index contributed by atoms with van der Waals surface area (Å²) < 4.78 is 10.4. The Morgan fingerprint density at radius 3 is 2.88 bits per heavy atom. The van der Waals surface area contributed by atoms with Crippen LogP contribution in [-0.4, -0.2) is 39.9 Å². The maximum absolute atomic E-state index is 12.0. The lowest BCUT2D eigenvalue weighted by atomic mass is 10.1. The minimum atomic E-state index is -1.01. The Labute approximate surface area is 141 Å². The number of esters is 1. The van der Waals surface area contributed by atoms with Crippen molar-refractivity contribution >= 4 is 29.2 Å². The van der Waals surface area contributed by atoms with Crippen LogP contribution in [0.25, 0.3) is 10.8 Å². The van der Waals surface area contributed by atoms with E-state index in [0.29, 0.717) is 11.6 Å². The Bertz CT molecular complexity index is 781. The van der Waals surface area contributed by atoms with Gasteiger partial charge < -0.3 is 14.5 Å². The molecule has 1 aliphatic heterocycles. The topological polar surface area (TPSA) is 102 Å². The largest absolute Gasteiger partial charge is 0.458 e. The maximum atomic E-state index is 12.0. The Morgan fingerprint density at radius 2 is 2.25 bits per heavy atom. The minimum absolute atomic E-state index is 0.0965. The fourth-order valence-electron chi connectivity index (χ4n) is 2.18. The van der Waals surface area contributed by atoms with E-state index in [1.165, 1.54) is 17.6 Å². The first-order chi connectivity index (χ1) is 11.4. The highest BCUT2D eigenvalue weighted by molar-refractivity contribution is 7.13. The smallest absolute Gasteiger partial charge is 0.326 e. The average molecular weight is 349 g/mol. The third-order valence-corrected chi connectivity index (χ3v) is 4.25. The predicted molar refractivity (Wildman–Crippen MR) is 83.9 cm³/mol. The van der Waals surface area contributed by atoms with E-state index in [0.717, 1.165) is 9.78 Å². The molecular weight excluding hydrogens is 334 g/mol. The summed E-state index contributed by atoms with van der Waals surface area (Å²) in [4.78, 5) is 41.5. The molecule has 1 aliphatic rings. The molecule has 0 atom stereocenters. The molecule has 1 fully saturated rings. The van der Waals surface area contributed by atoms with Gasteiger partial charge in [0.1, 0.15) is 30.6 Å². The molecule has 3 rings (SSSR count). The van der Waals surface area contributed by atoms with Crippen LogP contribution >= 0.6 is 11.3 Å². The maximum Gasteiger partial charge on any atom is 0.326 e. The third-order valence-electron chi connectivity index (χ3n) is 3.40. The van der Waals surface area contributed by atoms with E-state index < -0.39 is 30.0 Å². The van der Waals surface area contributed by atoms with E-state index in [1.807, 2.05) is 17.5 Å². The number of urea groups is 1. The van der Waals surface area contributed by atoms with Crippen molar-refractivity contribution in [3.63, 3.8) is 0 Å². The first-order valence-corrected chi connectivity index (χ1v) is 8.03. The van der Waals surface area contributed by atoms with Gasteiger partial charge in [-0.25, -0.2) is 9.78 Å². The zero-order valence-electron chi connectivity index (χ0n) is 13.1. The second-order valence-electron chi connectivity index (χ2n) is 5.73. The molecule has 0 aliphatic carbocycles. The van der Waals surface area contributed by atoms with Crippen molar-refractivity contribution in [3.8, 4) is 10.8 Å². The lowest BCUT2D eigenvalue weighted by Gasteiger charge is -2.15. The van der Waals surface area contributed by atoms with Gasteiger partial charge in [-0.3, -0.25) is 14.5 Å². The van der Waals surface area contributed by atoms with Crippen molar-refractivity contribution in [1.82, 2.24) is 15.2 Å². The predicted octanol–water partition coefficient (Wildman–Crippen LogP) is 1.78. The highest BCUT2D eigenvalue weighted by Crippen LogP contribution is 2.23. The number of carbonyl (C=O) groups excluding carboxylic acids is 3. The Kier molecular flexibility index (Phi) is 4.10. The molecule has 126 valence electrons. The number of aromatic nitrogens is 1. The van der Waals surface area contributed by atoms with E-state index in [9.17, 15) is 14.4 Å². The van der Waals surface area contributed by atoms with Gasteiger partial charge in [0.25, 0.3) is 5.91 Å². The van der Waals surface area contributed by atoms with Gasteiger partial charge in [0.2, 0.25) is 5.89 Å². The molecule has 2 aromatic heterocycles. The number of carbonyl (C=O) groups is 3. The standard InChI is InChI=1S/C15H15N3O5S/c1-15(2)13(20)18(14(21)17-15)6-11(19)22-7-9-8-23-12(16-9)10-4-3-5-24-10/h3-5,8H,6-7H2,1-2H3,(H,17,21). The molecule has 0 aromatic carbocycles. The number of ether oxygens (including phenoxy) is 1. The van der Waals surface area contributed by atoms with Crippen molar-refractivity contribution in [2.45, 2.75) is 26.0 Å². The number of thiophene rings is 1. The van der Waals surface area contributed by atoms with Crippen molar-refractivity contribution in [2.75, 3.05) is 6.54 Å². The average Bonchev–Trinajstić information content (AvgIpc) is 3.22. The third kappa shape index (κ3) is 3.16. The van der Waals surface area contributed by atoms with E-state index >= 15 is 0 Å². The highest BCUT2D eigenvalue weighted by atomic mass is 32.1. The van der Waals surface area contributed by atoms with E-state index in [4.69, 9.17) is 9.15 Å². The van der Waals surface area contributed by atoms with Gasteiger partial charge in [0, 0.05) is 0 Å². The molecule has 0 unspecified atom stereocenters. The first kappa shape index (κ1) is 16.2.